The lowest BCUT2D eigenvalue weighted by molar-refractivity contribution is -0.139. The van der Waals surface area contributed by atoms with Crippen LogP contribution >= 0.6 is 0 Å². The Hall–Kier alpha value is -1.31. The van der Waals surface area contributed by atoms with E-state index in [9.17, 15) is 9.90 Å². The number of carboxylic acid groups (broad SMARTS) is 1. The maximum Gasteiger partial charge on any atom is 0.310 e. The molecule has 0 aliphatic carbocycles. The molecule has 0 fully saturated rings. The number of aliphatic carboxylic acids is 1. The van der Waals surface area contributed by atoms with Crippen LogP contribution in [0.5, 0.6) is 0 Å². The highest BCUT2D eigenvalue weighted by Gasteiger charge is 2.22. The number of carbonyl (C=O) groups is 1. The predicted molar refractivity (Wildman–Crippen MR) is 61.0 cm³/mol. The molecule has 82 valence electrons. The first-order valence-corrected chi connectivity index (χ1v) is 5.30. The summed E-state index contributed by atoms with van der Waals surface area (Å²) in [6.07, 6.45) is 0.695. The van der Waals surface area contributed by atoms with E-state index in [1.165, 1.54) is 0 Å². The number of benzene rings is 1. The highest BCUT2D eigenvalue weighted by atomic mass is 16.4. The first-order valence-electron chi connectivity index (χ1n) is 5.30. The monoisotopic (exact) mass is 206 g/mol. The third-order valence-corrected chi connectivity index (χ3v) is 2.57. The van der Waals surface area contributed by atoms with Gasteiger partial charge in [-0.2, -0.15) is 0 Å². The van der Waals surface area contributed by atoms with Gasteiger partial charge in [-0.15, -0.1) is 0 Å². The third kappa shape index (κ3) is 3.08. The fraction of sp³-hybridized carbons (Fsp3) is 0.462. The second-order valence-electron chi connectivity index (χ2n) is 4.38. The standard InChI is InChI=1S/C13H18O2/c1-9(2)8-12(13(14)15)11-7-5-4-6-10(11)3/h4-7,9,12H,8H2,1-3H3,(H,14,15)/t12-/m0/s1. The van der Waals surface area contributed by atoms with Gasteiger partial charge in [0.2, 0.25) is 0 Å². The van der Waals surface area contributed by atoms with E-state index in [-0.39, 0.29) is 5.92 Å². The van der Waals surface area contributed by atoms with Gasteiger partial charge >= 0.3 is 5.97 Å². The quantitative estimate of drug-likeness (QED) is 0.821. The van der Waals surface area contributed by atoms with Crippen LogP contribution in [-0.2, 0) is 4.79 Å². The lowest BCUT2D eigenvalue weighted by Gasteiger charge is -2.16. The highest BCUT2D eigenvalue weighted by Crippen LogP contribution is 2.26. The maximum absolute atomic E-state index is 11.2. The van der Waals surface area contributed by atoms with Crippen molar-refractivity contribution in [2.24, 2.45) is 5.92 Å². The van der Waals surface area contributed by atoms with Crippen molar-refractivity contribution in [2.75, 3.05) is 0 Å². The minimum absolute atomic E-state index is 0.369. The Balaban J connectivity index is 2.99. The van der Waals surface area contributed by atoms with Gasteiger partial charge in [0.05, 0.1) is 5.92 Å². The van der Waals surface area contributed by atoms with Crippen molar-refractivity contribution in [2.45, 2.75) is 33.1 Å². The highest BCUT2D eigenvalue weighted by molar-refractivity contribution is 5.76. The molecule has 0 aliphatic rings. The fourth-order valence-electron chi connectivity index (χ4n) is 1.81. The molecule has 0 aliphatic heterocycles. The summed E-state index contributed by atoms with van der Waals surface area (Å²) in [5.41, 5.74) is 2.00. The van der Waals surface area contributed by atoms with Crippen LogP contribution in [-0.4, -0.2) is 11.1 Å². The van der Waals surface area contributed by atoms with Crippen molar-refractivity contribution >= 4 is 5.97 Å². The third-order valence-electron chi connectivity index (χ3n) is 2.57. The molecule has 2 nitrogen and oxygen atoms in total. The van der Waals surface area contributed by atoms with Gasteiger partial charge in [-0.1, -0.05) is 38.1 Å². The average molecular weight is 206 g/mol. The van der Waals surface area contributed by atoms with Gasteiger partial charge in [0.1, 0.15) is 0 Å². The lowest BCUT2D eigenvalue weighted by atomic mass is 9.88. The molecule has 15 heavy (non-hydrogen) atoms. The molecule has 1 rings (SSSR count). The number of aryl methyl sites for hydroxylation is 1. The first kappa shape index (κ1) is 11.8. The summed E-state index contributed by atoms with van der Waals surface area (Å²) in [5, 5.41) is 9.20. The maximum atomic E-state index is 11.2. The second-order valence-corrected chi connectivity index (χ2v) is 4.38. The zero-order valence-corrected chi connectivity index (χ0v) is 9.53. The summed E-state index contributed by atoms with van der Waals surface area (Å²) >= 11 is 0. The van der Waals surface area contributed by atoms with Gasteiger partial charge in [0.15, 0.2) is 0 Å². The van der Waals surface area contributed by atoms with Crippen molar-refractivity contribution in [3.8, 4) is 0 Å². The molecule has 0 saturated heterocycles. The molecular formula is C13H18O2. The molecule has 0 amide bonds. The minimum atomic E-state index is -0.724. The number of carboxylic acids is 1. The van der Waals surface area contributed by atoms with Gasteiger partial charge in [0.25, 0.3) is 0 Å². The number of hydrogen-bond acceptors (Lipinski definition) is 1. The molecule has 1 aromatic rings. The Bertz CT molecular complexity index is 342. The molecular weight excluding hydrogens is 188 g/mol. The molecule has 0 saturated carbocycles. The van der Waals surface area contributed by atoms with Gasteiger partial charge in [0, 0.05) is 0 Å². The SMILES string of the molecule is Cc1ccccc1[C@H](CC(C)C)C(=O)O. The van der Waals surface area contributed by atoms with E-state index >= 15 is 0 Å². The van der Waals surface area contributed by atoms with Crippen LogP contribution in [0.2, 0.25) is 0 Å². The number of rotatable bonds is 4. The summed E-state index contributed by atoms with van der Waals surface area (Å²) in [6, 6.07) is 7.72. The van der Waals surface area contributed by atoms with Crippen LogP contribution in [0.4, 0.5) is 0 Å². The molecule has 0 heterocycles. The molecule has 1 aromatic carbocycles. The molecule has 1 N–H and O–H groups in total. The molecule has 0 unspecified atom stereocenters. The summed E-state index contributed by atoms with van der Waals surface area (Å²) in [5.74, 6) is -0.699. The molecule has 1 atom stereocenters. The van der Waals surface area contributed by atoms with Crippen molar-refractivity contribution in [3.63, 3.8) is 0 Å². The Labute approximate surface area is 90.9 Å². The van der Waals surface area contributed by atoms with Gasteiger partial charge in [-0.05, 0) is 30.4 Å². The summed E-state index contributed by atoms with van der Waals surface area (Å²) < 4.78 is 0. The number of hydrogen-bond donors (Lipinski definition) is 1. The van der Waals surface area contributed by atoms with Crippen LogP contribution in [0.3, 0.4) is 0 Å². The van der Waals surface area contributed by atoms with Gasteiger partial charge < -0.3 is 5.11 Å². The molecule has 2 heteroatoms. The van der Waals surface area contributed by atoms with Gasteiger partial charge in [-0.25, -0.2) is 0 Å². The summed E-state index contributed by atoms with van der Waals surface area (Å²) in [7, 11) is 0. The van der Waals surface area contributed by atoms with Crippen molar-refractivity contribution in [3.05, 3.63) is 35.4 Å². The van der Waals surface area contributed by atoms with E-state index in [1.54, 1.807) is 0 Å². The van der Waals surface area contributed by atoms with Crippen molar-refractivity contribution in [1.29, 1.82) is 0 Å². The van der Waals surface area contributed by atoms with Crippen LogP contribution in [0.25, 0.3) is 0 Å². The van der Waals surface area contributed by atoms with E-state index in [1.807, 2.05) is 45.0 Å². The fourth-order valence-corrected chi connectivity index (χ4v) is 1.81. The Morgan fingerprint density at radius 2 is 1.93 bits per heavy atom. The predicted octanol–water partition coefficient (Wildman–Crippen LogP) is 3.21. The summed E-state index contributed by atoms with van der Waals surface area (Å²) in [4.78, 5) is 11.2. The Morgan fingerprint density at radius 1 is 1.33 bits per heavy atom. The Kier molecular flexibility index (Phi) is 3.89. The molecule has 0 spiro atoms. The van der Waals surface area contributed by atoms with E-state index in [0.717, 1.165) is 11.1 Å². The van der Waals surface area contributed by atoms with Crippen LogP contribution in [0, 0.1) is 12.8 Å². The van der Waals surface area contributed by atoms with E-state index in [2.05, 4.69) is 0 Å². The van der Waals surface area contributed by atoms with Crippen LogP contribution in [0.1, 0.15) is 37.3 Å². The van der Waals surface area contributed by atoms with Crippen LogP contribution < -0.4 is 0 Å². The molecule has 0 radical (unpaired) electrons. The second kappa shape index (κ2) is 4.96. The minimum Gasteiger partial charge on any atom is -0.481 e. The smallest absolute Gasteiger partial charge is 0.310 e. The lowest BCUT2D eigenvalue weighted by Crippen LogP contribution is -2.15. The largest absolute Gasteiger partial charge is 0.481 e. The van der Waals surface area contributed by atoms with Crippen molar-refractivity contribution < 1.29 is 9.90 Å². The normalized spacial score (nSPS) is 12.8. The molecule has 0 aromatic heterocycles. The van der Waals surface area contributed by atoms with E-state index < -0.39 is 5.97 Å². The average Bonchev–Trinajstić information content (AvgIpc) is 2.15. The van der Waals surface area contributed by atoms with E-state index in [0.29, 0.717) is 12.3 Å². The van der Waals surface area contributed by atoms with Gasteiger partial charge in [-0.3, -0.25) is 4.79 Å². The zero-order valence-electron chi connectivity index (χ0n) is 9.53. The van der Waals surface area contributed by atoms with Crippen LogP contribution in [0.15, 0.2) is 24.3 Å². The Morgan fingerprint density at radius 3 is 2.40 bits per heavy atom. The molecule has 0 bridgehead atoms. The van der Waals surface area contributed by atoms with E-state index in [4.69, 9.17) is 0 Å². The van der Waals surface area contributed by atoms with Crippen molar-refractivity contribution in [1.82, 2.24) is 0 Å². The summed E-state index contributed by atoms with van der Waals surface area (Å²) in [6.45, 7) is 6.06. The topological polar surface area (TPSA) is 37.3 Å². The zero-order chi connectivity index (χ0) is 11.4. The first-order chi connectivity index (χ1) is 7.02.